The first kappa shape index (κ1) is 17.8. The van der Waals surface area contributed by atoms with Gasteiger partial charge in [0, 0.05) is 25.5 Å². The van der Waals surface area contributed by atoms with E-state index in [0.717, 1.165) is 11.1 Å². The van der Waals surface area contributed by atoms with Crippen molar-refractivity contribution in [1.82, 2.24) is 14.5 Å². The van der Waals surface area contributed by atoms with Crippen LogP contribution in [0.5, 0.6) is 5.75 Å². The molecular formula is C18H22N4O4. The predicted octanol–water partition coefficient (Wildman–Crippen LogP) is 3.22. The van der Waals surface area contributed by atoms with E-state index in [1.165, 1.54) is 24.2 Å². The monoisotopic (exact) mass is 358 g/mol. The normalized spacial score (nSPS) is 13.3. The van der Waals surface area contributed by atoms with Gasteiger partial charge in [-0.25, -0.2) is 14.6 Å². The highest BCUT2D eigenvalue weighted by atomic mass is 16.6. The number of imidazole rings is 1. The van der Waals surface area contributed by atoms with E-state index in [-0.39, 0.29) is 12.1 Å². The number of carbonyl (C=O) groups is 2. The lowest BCUT2D eigenvalue weighted by atomic mass is 10.1. The number of fused-ring (bicyclic) bond motifs is 1. The number of carbonyl (C=O) groups excluding carboxylic acids is 2. The summed E-state index contributed by atoms with van der Waals surface area (Å²) in [6.45, 7) is 6.36. The van der Waals surface area contributed by atoms with Crippen molar-refractivity contribution in [2.75, 3.05) is 12.4 Å². The predicted molar refractivity (Wildman–Crippen MR) is 95.1 cm³/mol. The summed E-state index contributed by atoms with van der Waals surface area (Å²) in [5.74, 6) is 0.531. The molecule has 8 heteroatoms. The van der Waals surface area contributed by atoms with Crippen LogP contribution < -0.4 is 10.1 Å². The first-order chi connectivity index (χ1) is 12.3. The van der Waals surface area contributed by atoms with E-state index in [1.807, 2.05) is 32.9 Å². The molecule has 2 amide bonds. The fourth-order valence-electron chi connectivity index (χ4n) is 2.71. The SMILES string of the molecule is COc1cc2c(cc1NC(=O)n1ccnc1)CN(C(=O)OC(C)(C)C)C2. The minimum atomic E-state index is -0.548. The molecule has 2 heterocycles. The standard InChI is InChI=1S/C18H22N4O4/c1-18(2,3)26-17(24)22-9-12-7-14(15(25-4)8-13(12)10-22)20-16(23)21-6-5-19-11-21/h5-8,11H,9-10H2,1-4H3,(H,20,23). The van der Waals surface area contributed by atoms with E-state index in [4.69, 9.17) is 9.47 Å². The second kappa shape index (κ2) is 6.70. The van der Waals surface area contributed by atoms with Crippen LogP contribution in [0.2, 0.25) is 0 Å². The topological polar surface area (TPSA) is 85.7 Å². The quantitative estimate of drug-likeness (QED) is 0.891. The molecule has 0 fully saturated rings. The molecule has 0 bridgehead atoms. The number of rotatable bonds is 2. The molecule has 2 aromatic rings. The van der Waals surface area contributed by atoms with Gasteiger partial charge in [-0.15, -0.1) is 0 Å². The molecule has 1 aromatic heterocycles. The number of anilines is 1. The van der Waals surface area contributed by atoms with E-state index >= 15 is 0 Å². The maximum absolute atomic E-state index is 12.3. The molecule has 0 radical (unpaired) electrons. The van der Waals surface area contributed by atoms with Gasteiger partial charge in [-0.1, -0.05) is 0 Å². The molecule has 3 rings (SSSR count). The molecule has 26 heavy (non-hydrogen) atoms. The average molecular weight is 358 g/mol. The number of aromatic nitrogens is 2. The van der Waals surface area contributed by atoms with E-state index in [9.17, 15) is 9.59 Å². The molecule has 8 nitrogen and oxygen atoms in total. The largest absolute Gasteiger partial charge is 0.495 e. The number of hydrogen-bond acceptors (Lipinski definition) is 5. The van der Waals surface area contributed by atoms with Crippen molar-refractivity contribution in [2.24, 2.45) is 0 Å². The summed E-state index contributed by atoms with van der Waals surface area (Å²) in [6.07, 6.45) is 4.13. The Hall–Kier alpha value is -3.03. The minimum Gasteiger partial charge on any atom is -0.495 e. The lowest BCUT2D eigenvalue weighted by molar-refractivity contribution is 0.0241. The Labute approximate surface area is 151 Å². The molecule has 138 valence electrons. The number of ether oxygens (including phenoxy) is 2. The molecule has 1 aliphatic rings. The molecule has 0 atom stereocenters. The zero-order valence-corrected chi connectivity index (χ0v) is 15.3. The van der Waals surface area contributed by atoms with Gasteiger partial charge in [-0.3, -0.25) is 9.47 Å². The van der Waals surface area contributed by atoms with Crippen LogP contribution >= 0.6 is 0 Å². The van der Waals surface area contributed by atoms with Gasteiger partial charge in [0.15, 0.2) is 0 Å². The maximum Gasteiger partial charge on any atom is 0.410 e. The van der Waals surface area contributed by atoms with Crippen LogP contribution in [0, 0.1) is 0 Å². The van der Waals surface area contributed by atoms with Crippen molar-refractivity contribution in [3.63, 3.8) is 0 Å². The Morgan fingerprint density at radius 3 is 2.46 bits per heavy atom. The molecule has 0 saturated carbocycles. The van der Waals surface area contributed by atoms with Gasteiger partial charge < -0.3 is 14.8 Å². The number of benzene rings is 1. The summed E-state index contributed by atoms with van der Waals surface area (Å²) in [6, 6.07) is 3.32. The number of methoxy groups -OCH3 is 1. The van der Waals surface area contributed by atoms with Gasteiger partial charge in [0.05, 0.1) is 12.8 Å². The van der Waals surface area contributed by atoms with Gasteiger partial charge in [-0.2, -0.15) is 0 Å². The lowest BCUT2D eigenvalue weighted by Crippen LogP contribution is -2.33. The van der Waals surface area contributed by atoms with E-state index in [1.54, 1.807) is 11.1 Å². The van der Waals surface area contributed by atoms with Gasteiger partial charge >= 0.3 is 12.1 Å². The Bertz CT molecular complexity index is 824. The first-order valence-electron chi connectivity index (χ1n) is 8.24. The summed E-state index contributed by atoms with van der Waals surface area (Å²) in [7, 11) is 1.54. The summed E-state index contributed by atoms with van der Waals surface area (Å²) >= 11 is 0. The van der Waals surface area contributed by atoms with Crippen molar-refractivity contribution < 1.29 is 19.1 Å². The van der Waals surface area contributed by atoms with Crippen molar-refractivity contribution in [2.45, 2.75) is 39.5 Å². The third kappa shape index (κ3) is 3.79. The molecule has 1 aromatic carbocycles. The van der Waals surface area contributed by atoms with E-state index in [2.05, 4.69) is 10.3 Å². The van der Waals surface area contributed by atoms with Crippen molar-refractivity contribution in [3.8, 4) is 5.75 Å². The minimum absolute atomic E-state index is 0.345. The van der Waals surface area contributed by atoms with Gasteiger partial charge in [0.1, 0.15) is 17.7 Å². The second-order valence-electron chi connectivity index (χ2n) is 7.06. The molecule has 0 saturated heterocycles. The Balaban J connectivity index is 1.79. The molecule has 1 N–H and O–H groups in total. The lowest BCUT2D eigenvalue weighted by Gasteiger charge is -2.24. The number of amides is 2. The molecule has 1 aliphatic heterocycles. The smallest absolute Gasteiger partial charge is 0.410 e. The summed E-state index contributed by atoms with van der Waals surface area (Å²) in [5, 5.41) is 2.80. The maximum atomic E-state index is 12.3. The zero-order chi connectivity index (χ0) is 18.9. The van der Waals surface area contributed by atoms with Crippen LogP contribution in [0.25, 0.3) is 0 Å². The van der Waals surface area contributed by atoms with Crippen LogP contribution in [0.15, 0.2) is 30.9 Å². The highest BCUT2D eigenvalue weighted by Gasteiger charge is 2.29. The highest BCUT2D eigenvalue weighted by molar-refractivity contribution is 5.92. The number of nitrogens with one attached hydrogen (secondary N) is 1. The van der Waals surface area contributed by atoms with Crippen molar-refractivity contribution in [3.05, 3.63) is 42.0 Å². The van der Waals surface area contributed by atoms with Crippen molar-refractivity contribution >= 4 is 17.8 Å². The van der Waals surface area contributed by atoms with Crippen molar-refractivity contribution in [1.29, 1.82) is 0 Å². The van der Waals surface area contributed by atoms with Crippen LogP contribution in [0.3, 0.4) is 0 Å². The highest BCUT2D eigenvalue weighted by Crippen LogP contribution is 2.34. The van der Waals surface area contributed by atoms with E-state index in [0.29, 0.717) is 24.5 Å². The zero-order valence-electron chi connectivity index (χ0n) is 15.3. The molecule has 0 aliphatic carbocycles. The van der Waals surface area contributed by atoms with E-state index < -0.39 is 5.60 Å². The number of hydrogen-bond donors (Lipinski definition) is 1. The number of nitrogens with zero attached hydrogens (tertiary/aromatic N) is 3. The summed E-state index contributed by atoms with van der Waals surface area (Å²) in [4.78, 5) is 30.0. The van der Waals surface area contributed by atoms with Crippen LogP contribution in [0.4, 0.5) is 15.3 Å². The molecule has 0 spiro atoms. The Morgan fingerprint density at radius 2 is 1.88 bits per heavy atom. The van der Waals surface area contributed by atoms with Crippen LogP contribution in [-0.2, 0) is 17.8 Å². The Morgan fingerprint density at radius 1 is 1.19 bits per heavy atom. The summed E-state index contributed by atoms with van der Waals surface area (Å²) in [5.41, 5.74) is 1.90. The third-order valence-electron chi connectivity index (χ3n) is 3.88. The van der Waals surface area contributed by atoms with Gasteiger partial charge in [0.25, 0.3) is 0 Å². The van der Waals surface area contributed by atoms with Gasteiger partial charge in [-0.05, 0) is 44.0 Å². The fraction of sp³-hybridized carbons (Fsp3) is 0.389. The third-order valence-corrected chi connectivity index (χ3v) is 3.88. The molecular weight excluding hydrogens is 336 g/mol. The second-order valence-corrected chi connectivity index (χ2v) is 7.06. The first-order valence-corrected chi connectivity index (χ1v) is 8.24. The molecule has 0 unspecified atom stereocenters. The Kier molecular flexibility index (Phi) is 4.58. The fourth-order valence-corrected chi connectivity index (χ4v) is 2.71. The van der Waals surface area contributed by atoms with Crippen LogP contribution in [0.1, 0.15) is 31.9 Å². The van der Waals surface area contributed by atoms with Crippen LogP contribution in [-0.4, -0.2) is 39.3 Å². The average Bonchev–Trinajstić information content (AvgIpc) is 3.21. The summed E-state index contributed by atoms with van der Waals surface area (Å²) < 4.78 is 12.2. The van der Waals surface area contributed by atoms with Gasteiger partial charge in [0.2, 0.25) is 0 Å².